The summed E-state index contributed by atoms with van der Waals surface area (Å²) in [6.45, 7) is 6.54. The minimum atomic E-state index is -0.812. The summed E-state index contributed by atoms with van der Waals surface area (Å²) in [5.74, 6) is 0.732. The number of aromatic nitrogens is 2. The second-order valence-electron chi connectivity index (χ2n) is 8.90. The summed E-state index contributed by atoms with van der Waals surface area (Å²) in [4.78, 5) is 33.5. The Kier molecular flexibility index (Phi) is 6.06. The quantitative estimate of drug-likeness (QED) is 0.541. The number of aryl methyl sites for hydroxylation is 1. The Morgan fingerprint density at radius 2 is 2.00 bits per heavy atom. The lowest BCUT2D eigenvalue weighted by Crippen LogP contribution is -2.41. The minimum Gasteiger partial charge on any atom is -0.502 e. The molecule has 0 spiro atoms. The normalized spacial score (nSPS) is 16.9. The van der Waals surface area contributed by atoms with Crippen molar-refractivity contribution < 1.29 is 19.1 Å². The molecule has 0 aliphatic carbocycles. The molecule has 8 heteroatoms. The van der Waals surface area contributed by atoms with Crippen LogP contribution in [0.3, 0.4) is 0 Å². The van der Waals surface area contributed by atoms with E-state index in [1.807, 2.05) is 38.1 Å². The predicted octanol–water partition coefficient (Wildman–Crippen LogP) is 3.48. The number of carbonyl (C=O) groups is 1. The van der Waals surface area contributed by atoms with Crippen molar-refractivity contribution in [2.75, 3.05) is 13.2 Å². The first-order valence-electron chi connectivity index (χ1n) is 10.9. The van der Waals surface area contributed by atoms with Crippen LogP contribution in [0.15, 0.2) is 39.5 Å². The average molecular weight is 440 g/mol. The second-order valence-corrected chi connectivity index (χ2v) is 8.90. The maximum absolute atomic E-state index is 13.3. The molecule has 3 N–H and O–H groups in total. The molecule has 8 nitrogen and oxygen atoms in total. The molecule has 1 aliphatic heterocycles. The molecule has 4 rings (SSSR count). The summed E-state index contributed by atoms with van der Waals surface area (Å²) in [6, 6.07) is 8.67. The zero-order valence-corrected chi connectivity index (χ0v) is 18.6. The first kappa shape index (κ1) is 22.1. The van der Waals surface area contributed by atoms with Crippen molar-refractivity contribution in [2.45, 2.75) is 51.5 Å². The summed E-state index contributed by atoms with van der Waals surface area (Å²) in [5, 5.41) is 13.6. The van der Waals surface area contributed by atoms with Crippen molar-refractivity contribution >= 4 is 16.9 Å². The number of carbonyl (C=O) groups excluding carboxylic acids is 1. The van der Waals surface area contributed by atoms with Crippen LogP contribution in [0.1, 0.15) is 56.5 Å². The van der Waals surface area contributed by atoms with Gasteiger partial charge in [-0.2, -0.15) is 0 Å². The fraction of sp³-hybridized carbons (Fsp3) is 0.458. The fourth-order valence-electron chi connectivity index (χ4n) is 4.41. The molecule has 1 aliphatic rings. The molecule has 0 bridgehead atoms. The summed E-state index contributed by atoms with van der Waals surface area (Å²) in [5.41, 5.74) is 0.439. The molecule has 1 fully saturated rings. The molecular formula is C24H29N3O5. The number of para-hydroxylation sites is 2. The maximum atomic E-state index is 13.3. The van der Waals surface area contributed by atoms with Gasteiger partial charge < -0.3 is 24.6 Å². The maximum Gasteiger partial charge on any atom is 0.227 e. The lowest BCUT2D eigenvalue weighted by Gasteiger charge is -2.36. The van der Waals surface area contributed by atoms with E-state index in [0.29, 0.717) is 37.6 Å². The number of benzene rings is 1. The van der Waals surface area contributed by atoms with E-state index in [0.717, 1.165) is 11.0 Å². The van der Waals surface area contributed by atoms with Gasteiger partial charge in [-0.3, -0.25) is 9.59 Å². The van der Waals surface area contributed by atoms with E-state index in [4.69, 9.17) is 9.15 Å². The van der Waals surface area contributed by atoms with Crippen molar-refractivity contribution in [1.82, 2.24) is 15.3 Å². The molecule has 3 aromatic rings. The Morgan fingerprint density at radius 1 is 1.28 bits per heavy atom. The third-order valence-electron chi connectivity index (χ3n) is 6.16. The van der Waals surface area contributed by atoms with E-state index in [1.165, 1.54) is 6.07 Å². The molecule has 2 aromatic heterocycles. The molecule has 0 radical (unpaired) electrons. The van der Waals surface area contributed by atoms with Gasteiger partial charge in [-0.25, -0.2) is 4.98 Å². The number of nitrogens with zero attached hydrogens (tertiary/aromatic N) is 1. The number of H-pyrrole nitrogens is 1. The Labute approximate surface area is 186 Å². The topological polar surface area (TPSA) is 117 Å². The second kappa shape index (κ2) is 8.78. The van der Waals surface area contributed by atoms with Crippen LogP contribution in [-0.4, -0.2) is 34.2 Å². The highest BCUT2D eigenvalue weighted by Gasteiger charge is 2.42. The minimum absolute atomic E-state index is 0.0692. The van der Waals surface area contributed by atoms with Gasteiger partial charge in [0.05, 0.1) is 17.1 Å². The number of nitrogens with one attached hydrogen (secondary N) is 2. The highest BCUT2D eigenvalue weighted by Crippen LogP contribution is 2.41. The van der Waals surface area contributed by atoms with Gasteiger partial charge in [0.15, 0.2) is 5.76 Å². The van der Waals surface area contributed by atoms with Crippen LogP contribution in [0, 0.1) is 12.8 Å². The number of imidazole rings is 1. The van der Waals surface area contributed by atoms with E-state index in [2.05, 4.69) is 15.3 Å². The molecule has 32 heavy (non-hydrogen) atoms. The van der Waals surface area contributed by atoms with E-state index < -0.39 is 16.6 Å². The van der Waals surface area contributed by atoms with Crippen molar-refractivity contribution in [2.24, 2.45) is 5.92 Å². The average Bonchev–Trinajstić information content (AvgIpc) is 3.18. The number of ether oxygens (including phenoxy) is 1. The van der Waals surface area contributed by atoms with Gasteiger partial charge in [0.1, 0.15) is 11.6 Å². The van der Waals surface area contributed by atoms with Gasteiger partial charge in [0, 0.05) is 31.1 Å². The molecule has 1 amide bonds. The van der Waals surface area contributed by atoms with Gasteiger partial charge in [-0.05, 0) is 37.8 Å². The van der Waals surface area contributed by atoms with Crippen LogP contribution >= 0.6 is 0 Å². The smallest absolute Gasteiger partial charge is 0.227 e. The van der Waals surface area contributed by atoms with E-state index in [-0.39, 0.29) is 30.0 Å². The highest BCUT2D eigenvalue weighted by molar-refractivity contribution is 5.79. The third-order valence-corrected chi connectivity index (χ3v) is 6.16. The fourth-order valence-corrected chi connectivity index (χ4v) is 4.41. The van der Waals surface area contributed by atoms with Gasteiger partial charge in [0.25, 0.3) is 0 Å². The summed E-state index contributed by atoms with van der Waals surface area (Å²) in [6.07, 6.45) is 1.01. The summed E-state index contributed by atoms with van der Waals surface area (Å²) in [7, 11) is 0. The van der Waals surface area contributed by atoms with Crippen LogP contribution in [-0.2, 0) is 14.9 Å². The first-order valence-corrected chi connectivity index (χ1v) is 10.9. The summed E-state index contributed by atoms with van der Waals surface area (Å²) < 4.78 is 11.3. The Morgan fingerprint density at radius 3 is 2.69 bits per heavy atom. The van der Waals surface area contributed by atoms with Gasteiger partial charge in [-0.15, -0.1) is 0 Å². The molecule has 1 atom stereocenters. The number of amides is 1. The Balaban J connectivity index is 1.62. The van der Waals surface area contributed by atoms with Crippen LogP contribution in [0.5, 0.6) is 5.75 Å². The van der Waals surface area contributed by atoms with Crippen LogP contribution < -0.4 is 10.7 Å². The first-order chi connectivity index (χ1) is 15.3. The van der Waals surface area contributed by atoms with Crippen LogP contribution in [0.2, 0.25) is 0 Å². The zero-order valence-electron chi connectivity index (χ0n) is 18.6. The van der Waals surface area contributed by atoms with Crippen molar-refractivity contribution in [3.8, 4) is 5.75 Å². The van der Waals surface area contributed by atoms with Crippen LogP contribution in [0.4, 0.5) is 0 Å². The van der Waals surface area contributed by atoms with E-state index in [1.54, 1.807) is 6.92 Å². The monoisotopic (exact) mass is 439 g/mol. The number of rotatable bonds is 6. The standard InChI is InChI=1S/C24H29N3O5/c1-14(2)20(23-25-16-6-4-5-7-17(16)26-23)27-19(29)13-24(8-10-31-11-9-24)22-21(30)18(28)12-15(3)32-22/h4-7,12,14,20,30H,8-11,13H2,1-3H3,(H,25,26)(H,27,29)/t20-/m0/s1. The molecule has 0 saturated carbocycles. The van der Waals surface area contributed by atoms with Crippen molar-refractivity contribution in [3.63, 3.8) is 0 Å². The lowest BCUT2D eigenvalue weighted by molar-refractivity contribution is -0.124. The predicted molar refractivity (Wildman–Crippen MR) is 120 cm³/mol. The van der Waals surface area contributed by atoms with Gasteiger partial charge >= 0.3 is 0 Å². The van der Waals surface area contributed by atoms with Crippen molar-refractivity contribution in [3.05, 3.63) is 57.9 Å². The van der Waals surface area contributed by atoms with E-state index in [9.17, 15) is 14.7 Å². The highest BCUT2D eigenvalue weighted by atomic mass is 16.5. The Bertz CT molecular complexity index is 1140. The van der Waals surface area contributed by atoms with Gasteiger partial charge in [-0.1, -0.05) is 26.0 Å². The number of aromatic amines is 1. The number of hydrogen-bond donors (Lipinski definition) is 3. The number of aromatic hydroxyl groups is 1. The molecule has 0 unspecified atom stereocenters. The van der Waals surface area contributed by atoms with Gasteiger partial charge in [0.2, 0.25) is 17.1 Å². The molecule has 3 heterocycles. The molecular weight excluding hydrogens is 410 g/mol. The molecule has 170 valence electrons. The number of fused-ring (bicyclic) bond motifs is 1. The third kappa shape index (κ3) is 4.27. The molecule has 1 aromatic carbocycles. The Hall–Kier alpha value is -3.13. The largest absolute Gasteiger partial charge is 0.502 e. The van der Waals surface area contributed by atoms with Crippen LogP contribution in [0.25, 0.3) is 11.0 Å². The lowest BCUT2D eigenvalue weighted by atomic mass is 9.74. The van der Waals surface area contributed by atoms with Crippen molar-refractivity contribution in [1.29, 1.82) is 0 Å². The molecule has 1 saturated heterocycles. The van der Waals surface area contributed by atoms with E-state index >= 15 is 0 Å². The summed E-state index contributed by atoms with van der Waals surface area (Å²) >= 11 is 0. The number of hydrogen-bond acceptors (Lipinski definition) is 6. The zero-order chi connectivity index (χ0) is 22.9. The SMILES string of the molecule is Cc1cc(=O)c(O)c(C2(CC(=O)N[C@H](c3nc4ccccc4[nH]3)C(C)C)CCOCC2)o1.